The van der Waals surface area contributed by atoms with Gasteiger partial charge in [-0.3, -0.25) is 9.69 Å². The highest BCUT2D eigenvalue weighted by Gasteiger charge is 2.30. The van der Waals surface area contributed by atoms with E-state index in [9.17, 15) is 4.79 Å². The van der Waals surface area contributed by atoms with E-state index in [4.69, 9.17) is 0 Å². The summed E-state index contributed by atoms with van der Waals surface area (Å²) >= 11 is 0. The van der Waals surface area contributed by atoms with Gasteiger partial charge < -0.3 is 0 Å². The third-order valence-corrected chi connectivity index (χ3v) is 3.86. The van der Waals surface area contributed by atoms with Gasteiger partial charge in [0.2, 0.25) is 6.17 Å². The topological polar surface area (TPSA) is 26.2 Å². The van der Waals surface area contributed by atoms with E-state index >= 15 is 0 Å². The molecule has 0 saturated heterocycles. The maximum Gasteiger partial charge on any atom is 0.258 e. The Morgan fingerprint density at radius 2 is 1.76 bits per heavy atom. The van der Waals surface area contributed by atoms with Crippen LogP contribution in [0.2, 0.25) is 0 Å². The average Bonchev–Trinajstić information content (AvgIpc) is 2.50. The van der Waals surface area contributed by atoms with Gasteiger partial charge in [0.05, 0.1) is 0 Å². The number of nitrogens with zero attached hydrogens (tertiary/aromatic N) is 2. The number of carbonyl (C=O) groups is 1. The molecule has 0 saturated carbocycles. The fraction of sp³-hybridized carbons (Fsp3) is 0.611. The monoisotopic (exact) mass is 290 g/mol. The molecule has 1 rings (SSSR count). The molecule has 0 spiro atoms. The van der Waals surface area contributed by atoms with E-state index in [1.54, 1.807) is 0 Å². The van der Waals surface area contributed by atoms with Crippen LogP contribution in [-0.4, -0.2) is 37.6 Å². The highest BCUT2D eigenvalue weighted by molar-refractivity contribution is 5.94. The van der Waals surface area contributed by atoms with E-state index in [1.807, 2.05) is 49.3 Å². The van der Waals surface area contributed by atoms with Crippen LogP contribution in [0.15, 0.2) is 30.3 Å². The molecular formula is C18H30N2O+. The first-order valence-electron chi connectivity index (χ1n) is 8.14. The maximum absolute atomic E-state index is 12.8. The summed E-state index contributed by atoms with van der Waals surface area (Å²) in [5.41, 5.74) is 0.785. The summed E-state index contributed by atoms with van der Waals surface area (Å²) in [5.74, 6) is 0.146. The van der Waals surface area contributed by atoms with Gasteiger partial charge in [-0.05, 0) is 18.6 Å². The average molecular weight is 290 g/mol. The Morgan fingerprint density at radius 1 is 1.10 bits per heavy atom. The summed E-state index contributed by atoms with van der Waals surface area (Å²) in [6, 6.07) is 9.62. The molecule has 0 N–H and O–H groups in total. The minimum atomic E-state index is 0.146. The number of carbonyl (C=O) groups excluding carboxylic acids is 1. The highest BCUT2D eigenvalue weighted by atomic mass is 16.2. The van der Waals surface area contributed by atoms with Crippen molar-refractivity contribution < 1.29 is 4.79 Å². The second-order valence-corrected chi connectivity index (χ2v) is 5.78. The first-order valence-corrected chi connectivity index (χ1v) is 8.14. The van der Waals surface area contributed by atoms with Gasteiger partial charge in [0.1, 0.15) is 14.1 Å². The molecule has 0 bridgehead atoms. The third-order valence-electron chi connectivity index (χ3n) is 3.86. The lowest BCUT2D eigenvalue weighted by molar-refractivity contribution is 0.0568. The van der Waals surface area contributed by atoms with Gasteiger partial charge in [-0.15, -0.1) is 0 Å². The first kappa shape index (κ1) is 17.7. The largest absolute Gasteiger partial charge is 0.285 e. The van der Waals surface area contributed by atoms with Gasteiger partial charge in [0.15, 0.2) is 0 Å². The summed E-state index contributed by atoms with van der Waals surface area (Å²) in [6.45, 7) is 5.19. The lowest BCUT2D eigenvalue weighted by atomic mass is 10.1. The second kappa shape index (κ2) is 9.56. The van der Waals surface area contributed by atoms with Gasteiger partial charge in [0.25, 0.3) is 5.91 Å². The molecule has 3 nitrogen and oxygen atoms in total. The predicted molar refractivity (Wildman–Crippen MR) is 89.7 cm³/mol. The molecule has 1 aromatic rings. The van der Waals surface area contributed by atoms with E-state index in [2.05, 4.69) is 18.7 Å². The number of hydrogen-bond acceptors (Lipinski definition) is 2. The van der Waals surface area contributed by atoms with Crippen LogP contribution in [0.3, 0.4) is 0 Å². The third kappa shape index (κ3) is 5.50. The maximum atomic E-state index is 12.8. The molecule has 0 aliphatic carbocycles. The van der Waals surface area contributed by atoms with E-state index in [1.165, 1.54) is 19.3 Å². The van der Waals surface area contributed by atoms with Crippen molar-refractivity contribution in [3.05, 3.63) is 35.9 Å². The van der Waals surface area contributed by atoms with Gasteiger partial charge in [0, 0.05) is 18.5 Å². The molecule has 1 atom stereocenters. The van der Waals surface area contributed by atoms with Gasteiger partial charge in [-0.1, -0.05) is 51.3 Å². The summed E-state index contributed by atoms with van der Waals surface area (Å²) < 4.78 is 0. The SMILES string of the molecule is CCCCCCN(C(=O)c1ccccc1)C(CC)[N+](C)C. The number of hydrogen-bond donors (Lipinski definition) is 0. The Morgan fingerprint density at radius 3 is 2.29 bits per heavy atom. The molecule has 21 heavy (non-hydrogen) atoms. The van der Waals surface area contributed by atoms with Crippen molar-refractivity contribution in [1.29, 1.82) is 0 Å². The van der Waals surface area contributed by atoms with Crippen molar-refractivity contribution in [1.82, 2.24) is 9.80 Å². The predicted octanol–water partition coefficient (Wildman–Crippen LogP) is 3.84. The van der Waals surface area contributed by atoms with Crippen molar-refractivity contribution in [2.75, 3.05) is 20.6 Å². The molecule has 0 aromatic heterocycles. The van der Waals surface area contributed by atoms with E-state index in [-0.39, 0.29) is 12.1 Å². The minimum absolute atomic E-state index is 0.146. The fourth-order valence-electron chi connectivity index (χ4n) is 2.71. The Labute approximate surface area is 129 Å². The van der Waals surface area contributed by atoms with Crippen LogP contribution in [0.5, 0.6) is 0 Å². The normalized spacial score (nSPS) is 12.4. The second-order valence-electron chi connectivity index (χ2n) is 5.78. The van der Waals surface area contributed by atoms with Gasteiger partial charge in [-0.25, -0.2) is 0 Å². The smallest absolute Gasteiger partial charge is 0.258 e. The quantitative estimate of drug-likeness (QED) is 0.385. The fourth-order valence-corrected chi connectivity index (χ4v) is 2.71. The molecule has 1 radical (unpaired) electrons. The van der Waals surface area contributed by atoms with E-state index in [0.717, 1.165) is 24.9 Å². The molecule has 1 unspecified atom stereocenters. The van der Waals surface area contributed by atoms with E-state index in [0.29, 0.717) is 0 Å². The zero-order valence-corrected chi connectivity index (χ0v) is 14.0. The summed E-state index contributed by atoms with van der Waals surface area (Å²) in [4.78, 5) is 17.0. The Hall–Kier alpha value is -1.35. The number of amides is 1. The van der Waals surface area contributed by atoms with Crippen molar-refractivity contribution in [3.63, 3.8) is 0 Å². The van der Waals surface area contributed by atoms with Crippen LogP contribution >= 0.6 is 0 Å². The number of rotatable bonds is 9. The molecule has 0 heterocycles. The number of unbranched alkanes of at least 4 members (excludes halogenated alkanes) is 3. The molecule has 0 aliphatic heterocycles. The molecule has 3 heteroatoms. The molecule has 0 aliphatic rings. The molecule has 1 aromatic carbocycles. The van der Waals surface area contributed by atoms with Crippen molar-refractivity contribution in [3.8, 4) is 0 Å². The Balaban J connectivity index is 2.82. The van der Waals surface area contributed by atoms with Crippen LogP contribution in [-0.2, 0) is 0 Å². The molecule has 0 fully saturated rings. The lowest BCUT2D eigenvalue weighted by Crippen LogP contribution is -2.50. The Bertz CT molecular complexity index is 403. The first-order chi connectivity index (χ1) is 10.1. The standard InChI is InChI=1S/C18H30N2O/c1-5-7-8-12-15-20(17(6-2)19(3)4)18(21)16-13-10-9-11-14-16/h9-11,13-14,17H,5-8,12,15H2,1-4H3/q+1. The van der Waals surface area contributed by atoms with Crippen molar-refractivity contribution in [2.24, 2.45) is 0 Å². The van der Waals surface area contributed by atoms with Gasteiger partial charge >= 0.3 is 0 Å². The lowest BCUT2D eigenvalue weighted by Gasteiger charge is -2.29. The highest BCUT2D eigenvalue weighted by Crippen LogP contribution is 2.14. The van der Waals surface area contributed by atoms with Gasteiger partial charge in [-0.2, -0.15) is 4.90 Å². The minimum Gasteiger partial charge on any atom is -0.285 e. The summed E-state index contributed by atoms with van der Waals surface area (Å²) in [7, 11) is 4.09. The van der Waals surface area contributed by atoms with E-state index < -0.39 is 0 Å². The Kier molecular flexibility index (Phi) is 8.06. The molecule has 117 valence electrons. The zero-order chi connectivity index (χ0) is 15.7. The zero-order valence-electron chi connectivity index (χ0n) is 14.0. The number of benzene rings is 1. The molecular weight excluding hydrogens is 260 g/mol. The van der Waals surface area contributed by atoms with Crippen LogP contribution in [0.1, 0.15) is 56.3 Å². The van der Waals surface area contributed by atoms with Crippen molar-refractivity contribution in [2.45, 2.75) is 52.1 Å². The van der Waals surface area contributed by atoms with Crippen LogP contribution in [0.4, 0.5) is 0 Å². The summed E-state index contributed by atoms with van der Waals surface area (Å²) in [6.07, 6.45) is 5.85. The molecule has 1 amide bonds. The van der Waals surface area contributed by atoms with Crippen molar-refractivity contribution >= 4 is 5.91 Å². The van der Waals surface area contributed by atoms with Crippen LogP contribution in [0, 0.1) is 0 Å². The van der Waals surface area contributed by atoms with Crippen LogP contribution < -0.4 is 4.90 Å². The van der Waals surface area contributed by atoms with Crippen LogP contribution in [0.25, 0.3) is 0 Å². The summed E-state index contributed by atoms with van der Waals surface area (Å²) in [5, 5.41) is 0.